The van der Waals surface area contributed by atoms with Crippen molar-refractivity contribution < 1.29 is 4.92 Å². The van der Waals surface area contributed by atoms with Crippen molar-refractivity contribution in [1.29, 1.82) is 0 Å². The van der Waals surface area contributed by atoms with Crippen LogP contribution in [-0.4, -0.2) is 10.5 Å². The number of aryl methyl sites for hydroxylation is 1. The van der Waals surface area contributed by atoms with Gasteiger partial charge in [-0.3, -0.25) is 10.1 Å². The zero-order valence-corrected chi connectivity index (χ0v) is 9.54. The predicted molar refractivity (Wildman–Crippen MR) is 62.6 cm³/mol. The first-order valence-corrected chi connectivity index (χ1v) is 5.60. The van der Waals surface area contributed by atoms with E-state index in [9.17, 15) is 10.1 Å². The number of nitrogens with zero attached hydrogens (tertiary/aromatic N) is 1. The smallest absolute Gasteiger partial charge is 0.287 e. The van der Waals surface area contributed by atoms with Crippen LogP contribution in [-0.2, 0) is 6.42 Å². The molecule has 86 valence electrons. The van der Waals surface area contributed by atoms with Gasteiger partial charge in [0.05, 0.1) is 4.92 Å². The molecule has 0 aliphatic heterocycles. The van der Waals surface area contributed by atoms with E-state index in [1.54, 1.807) is 12.1 Å². The quantitative estimate of drug-likeness (QED) is 0.650. The fourth-order valence-electron chi connectivity index (χ4n) is 1.66. The Bertz CT molecular complexity index is 430. The SMILES string of the molecule is NC1(CCc2ccc([N+](=O)[O-])c(Cl)c2)CC1. The highest BCUT2D eigenvalue weighted by atomic mass is 35.5. The van der Waals surface area contributed by atoms with Crippen molar-refractivity contribution in [2.24, 2.45) is 5.73 Å². The third kappa shape index (κ3) is 2.51. The van der Waals surface area contributed by atoms with Crippen molar-refractivity contribution in [3.63, 3.8) is 0 Å². The lowest BCUT2D eigenvalue weighted by Gasteiger charge is -2.08. The Kier molecular flexibility index (Phi) is 2.86. The first-order chi connectivity index (χ1) is 7.50. The Morgan fingerprint density at radius 3 is 2.69 bits per heavy atom. The Labute approximate surface area is 98.5 Å². The van der Waals surface area contributed by atoms with E-state index in [0.29, 0.717) is 0 Å². The van der Waals surface area contributed by atoms with Gasteiger partial charge < -0.3 is 5.73 Å². The van der Waals surface area contributed by atoms with E-state index in [4.69, 9.17) is 17.3 Å². The summed E-state index contributed by atoms with van der Waals surface area (Å²) in [4.78, 5) is 10.1. The molecule has 0 saturated heterocycles. The summed E-state index contributed by atoms with van der Waals surface area (Å²) < 4.78 is 0. The summed E-state index contributed by atoms with van der Waals surface area (Å²) >= 11 is 5.82. The first-order valence-electron chi connectivity index (χ1n) is 5.22. The third-order valence-corrected chi connectivity index (χ3v) is 3.32. The maximum Gasteiger partial charge on any atom is 0.287 e. The van der Waals surface area contributed by atoms with Gasteiger partial charge in [0.25, 0.3) is 5.69 Å². The molecule has 2 N–H and O–H groups in total. The largest absolute Gasteiger partial charge is 0.325 e. The molecule has 0 spiro atoms. The molecule has 0 bridgehead atoms. The van der Waals surface area contributed by atoms with E-state index in [1.807, 2.05) is 0 Å². The number of nitro benzene ring substituents is 1. The minimum absolute atomic E-state index is 0.00819. The Morgan fingerprint density at radius 2 is 2.19 bits per heavy atom. The third-order valence-electron chi connectivity index (χ3n) is 3.01. The van der Waals surface area contributed by atoms with E-state index in [1.165, 1.54) is 6.07 Å². The summed E-state index contributed by atoms with van der Waals surface area (Å²) in [5, 5.41) is 10.8. The Morgan fingerprint density at radius 1 is 1.50 bits per heavy atom. The van der Waals surface area contributed by atoms with Crippen molar-refractivity contribution >= 4 is 17.3 Å². The molecular formula is C11H13ClN2O2. The molecule has 1 aliphatic carbocycles. The van der Waals surface area contributed by atoms with Gasteiger partial charge in [-0.25, -0.2) is 0 Å². The van der Waals surface area contributed by atoms with Crippen LogP contribution in [0.2, 0.25) is 5.02 Å². The van der Waals surface area contributed by atoms with E-state index in [0.717, 1.165) is 31.2 Å². The van der Waals surface area contributed by atoms with Gasteiger partial charge in [0, 0.05) is 11.6 Å². The zero-order chi connectivity index (χ0) is 11.8. The summed E-state index contributed by atoms with van der Waals surface area (Å²) in [5.74, 6) is 0. The lowest BCUT2D eigenvalue weighted by atomic mass is 10.0. The van der Waals surface area contributed by atoms with Crippen LogP contribution in [0.3, 0.4) is 0 Å². The van der Waals surface area contributed by atoms with Crippen molar-refractivity contribution in [2.75, 3.05) is 0 Å². The highest BCUT2D eigenvalue weighted by molar-refractivity contribution is 6.32. The van der Waals surface area contributed by atoms with Crippen LogP contribution in [0.5, 0.6) is 0 Å². The van der Waals surface area contributed by atoms with E-state index < -0.39 is 4.92 Å². The summed E-state index contributed by atoms with van der Waals surface area (Å²) in [6, 6.07) is 4.86. The van der Waals surface area contributed by atoms with Gasteiger partial charge in [-0.2, -0.15) is 0 Å². The molecule has 1 aromatic rings. The number of rotatable bonds is 4. The van der Waals surface area contributed by atoms with Crippen LogP contribution in [0.15, 0.2) is 18.2 Å². The monoisotopic (exact) mass is 240 g/mol. The van der Waals surface area contributed by atoms with Crippen LogP contribution in [0, 0.1) is 10.1 Å². The van der Waals surface area contributed by atoms with Crippen LogP contribution >= 0.6 is 11.6 Å². The first kappa shape index (κ1) is 11.4. The molecule has 0 amide bonds. The van der Waals surface area contributed by atoms with Crippen molar-refractivity contribution in [3.8, 4) is 0 Å². The van der Waals surface area contributed by atoms with Crippen LogP contribution in [0.25, 0.3) is 0 Å². The standard InChI is InChI=1S/C11H13ClN2O2/c12-9-7-8(1-2-10(9)14(15)16)3-4-11(13)5-6-11/h1-2,7H,3-6,13H2. The topological polar surface area (TPSA) is 69.2 Å². The lowest BCUT2D eigenvalue weighted by molar-refractivity contribution is -0.384. The molecule has 16 heavy (non-hydrogen) atoms. The maximum atomic E-state index is 10.6. The highest BCUT2D eigenvalue weighted by Crippen LogP contribution is 2.37. The van der Waals surface area contributed by atoms with E-state index in [-0.39, 0.29) is 16.2 Å². The summed E-state index contributed by atoms with van der Waals surface area (Å²) in [7, 11) is 0. The predicted octanol–water partition coefficient (Wildman–Crippen LogP) is 2.67. The minimum Gasteiger partial charge on any atom is -0.325 e. The molecule has 0 unspecified atom stereocenters. The van der Waals surface area contributed by atoms with E-state index in [2.05, 4.69) is 0 Å². The molecule has 4 nitrogen and oxygen atoms in total. The fraction of sp³-hybridized carbons (Fsp3) is 0.455. The van der Waals surface area contributed by atoms with Crippen molar-refractivity contribution in [1.82, 2.24) is 0 Å². The Hall–Kier alpha value is -1.13. The molecule has 1 fully saturated rings. The van der Waals surface area contributed by atoms with Gasteiger partial charge in [-0.15, -0.1) is 0 Å². The van der Waals surface area contributed by atoms with Crippen LogP contribution in [0.4, 0.5) is 5.69 Å². The van der Waals surface area contributed by atoms with Crippen LogP contribution in [0.1, 0.15) is 24.8 Å². The van der Waals surface area contributed by atoms with Gasteiger partial charge in [0.15, 0.2) is 0 Å². The molecule has 1 saturated carbocycles. The van der Waals surface area contributed by atoms with Gasteiger partial charge in [0.1, 0.15) is 5.02 Å². The van der Waals surface area contributed by atoms with Gasteiger partial charge in [-0.1, -0.05) is 17.7 Å². The second kappa shape index (κ2) is 4.03. The molecular weight excluding hydrogens is 228 g/mol. The average molecular weight is 241 g/mol. The molecule has 1 aromatic carbocycles. The summed E-state index contributed by atoms with van der Waals surface area (Å²) in [6.07, 6.45) is 3.90. The van der Waals surface area contributed by atoms with Gasteiger partial charge in [-0.05, 0) is 37.3 Å². The second-order valence-corrected chi connectivity index (χ2v) is 4.81. The number of hydrogen-bond acceptors (Lipinski definition) is 3. The van der Waals surface area contributed by atoms with Gasteiger partial charge >= 0.3 is 0 Å². The fourth-order valence-corrected chi connectivity index (χ4v) is 1.93. The Balaban J connectivity index is 2.05. The van der Waals surface area contributed by atoms with Crippen molar-refractivity contribution in [2.45, 2.75) is 31.2 Å². The maximum absolute atomic E-state index is 10.6. The lowest BCUT2D eigenvalue weighted by Crippen LogP contribution is -2.22. The summed E-state index contributed by atoms with van der Waals surface area (Å²) in [6.45, 7) is 0. The number of benzene rings is 1. The number of nitrogens with two attached hydrogens (primary N) is 1. The summed E-state index contributed by atoms with van der Waals surface area (Å²) in [5.41, 5.74) is 6.94. The molecule has 1 aliphatic rings. The average Bonchev–Trinajstić information content (AvgIpc) is 2.94. The highest BCUT2D eigenvalue weighted by Gasteiger charge is 2.37. The molecule has 0 aromatic heterocycles. The molecule has 0 atom stereocenters. The van der Waals surface area contributed by atoms with Crippen molar-refractivity contribution in [3.05, 3.63) is 38.9 Å². The van der Waals surface area contributed by atoms with Crippen LogP contribution < -0.4 is 5.73 Å². The van der Waals surface area contributed by atoms with Gasteiger partial charge in [0.2, 0.25) is 0 Å². The number of halogens is 1. The zero-order valence-electron chi connectivity index (χ0n) is 8.78. The molecule has 0 heterocycles. The number of nitro groups is 1. The molecule has 0 radical (unpaired) electrons. The van der Waals surface area contributed by atoms with E-state index >= 15 is 0 Å². The molecule has 2 rings (SSSR count). The molecule has 5 heteroatoms. The minimum atomic E-state index is -0.475. The normalized spacial score (nSPS) is 17.1. The number of hydrogen-bond donors (Lipinski definition) is 1. The second-order valence-electron chi connectivity index (χ2n) is 4.41.